The van der Waals surface area contributed by atoms with Crippen LogP contribution in [0.15, 0.2) is 42.5 Å². The molecule has 1 aromatic carbocycles. The Balaban J connectivity index is 1.49. The SMILES string of the molecule is O=C(O)CCC/C=C/CC1C2CCC(C2)C1NS(=O)Oc1ccccc1. The second-order valence-electron chi connectivity index (χ2n) is 7.26. The van der Waals surface area contributed by atoms with E-state index in [1.165, 1.54) is 19.3 Å². The van der Waals surface area contributed by atoms with Gasteiger partial charge in [0.05, 0.1) is 0 Å². The van der Waals surface area contributed by atoms with E-state index in [0.29, 0.717) is 29.9 Å². The van der Waals surface area contributed by atoms with Crippen molar-refractivity contribution in [1.82, 2.24) is 4.72 Å². The number of carboxylic acid groups (broad SMARTS) is 1. The van der Waals surface area contributed by atoms with Crippen molar-refractivity contribution in [2.24, 2.45) is 17.8 Å². The molecule has 1 aromatic rings. The molecule has 0 saturated heterocycles. The molecule has 5 unspecified atom stereocenters. The average Bonchev–Trinajstić information content (AvgIpc) is 3.21. The molecule has 2 fully saturated rings. The van der Waals surface area contributed by atoms with E-state index in [0.717, 1.165) is 12.8 Å². The normalized spacial score (nSPS) is 28.5. The third-order valence-corrected chi connectivity index (χ3v) is 6.38. The highest BCUT2D eigenvalue weighted by atomic mass is 32.2. The van der Waals surface area contributed by atoms with E-state index in [4.69, 9.17) is 9.29 Å². The smallest absolute Gasteiger partial charge is 0.303 e. The molecular weight excluding hydrogens is 350 g/mol. The van der Waals surface area contributed by atoms with E-state index in [2.05, 4.69) is 16.9 Å². The van der Waals surface area contributed by atoms with E-state index in [1.807, 2.05) is 18.2 Å². The van der Waals surface area contributed by atoms with Crippen molar-refractivity contribution in [3.05, 3.63) is 42.5 Å². The van der Waals surface area contributed by atoms with Crippen LogP contribution in [0.25, 0.3) is 0 Å². The number of hydrogen-bond donors (Lipinski definition) is 2. The fourth-order valence-electron chi connectivity index (χ4n) is 4.37. The van der Waals surface area contributed by atoms with Gasteiger partial charge in [-0.25, -0.2) is 4.72 Å². The lowest BCUT2D eigenvalue weighted by Gasteiger charge is -2.30. The summed E-state index contributed by atoms with van der Waals surface area (Å²) in [7, 11) is 0. The van der Waals surface area contributed by atoms with Gasteiger partial charge in [-0.3, -0.25) is 4.79 Å². The number of carbonyl (C=O) groups is 1. The summed E-state index contributed by atoms with van der Waals surface area (Å²) in [4.78, 5) is 10.5. The number of nitrogens with one attached hydrogen (secondary N) is 1. The molecule has 0 heterocycles. The first-order valence-corrected chi connectivity index (χ1v) is 10.5. The van der Waals surface area contributed by atoms with Crippen molar-refractivity contribution in [2.75, 3.05) is 0 Å². The van der Waals surface area contributed by atoms with Crippen molar-refractivity contribution in [1.29, 1.82) is 0 Å². The maximum absolute atomic E-state index is 12.4. The molecule has 26 heavy (non-hydrogen) atoms. The first kappa shape index (κ1) is 19.1. The summed E-state index contributed by atoms with van der Waals surface area (Å²) in [6.45, 7) is 0. The highest BCUT2D eigenvalue weighted by Gasteiger charge is 2.47. The van der Waals surface area contributed by atoms with Gasteiger partial charge in [0.15, 0.2) is 0 Å². The number of fused-ring (bicyclic) bond motifs is 2. The molecule has 2 N–H and O–H groups in total. The minimum absolute atomic E-state index is 0.221. The van der Waals surface area contributed by atoms with Gasteiger partial charge in [0, 0.05) is 12.5 Å². The predicted molar refractivity (Wildman–Crippen MR) is 102 cm³/mol. The number of allylic oxidation sites excluding steroid dienone is 2. The second kappa shape index (κ2) is 9.33. The van der Waals surface area contributed by atoms with Crippen LogP contribution in [-0.2, 0) is 16.1 Å². The molecule has 0 spiro atoms. The van der Waals surface area contributed by atoms with Gasteiger partial charge in [-0.1, -0.05) is 30.4 Å². The number of para-hydroxylation sites is 1. The van der Waals surface area contributed by atoms with Crippen LogP contribution >= 0.6 is 0 Å². The summed E-state index contributed by atoms with van der Waals surface area (Å²) in [5, 5.41) is 8.67. The number of benzene rings is 1. The van der Waals surface area contributed by atoms with E-state index in [9.17, 15) is 9.00 Å². The number of carboxylic acids is 1. The van der Waals surface area contributed by atoms with Crippen LogP contribution in [-0.4, -0.2) is 21.3 Å². The van der Waals surface area contributed by atoms with Crippen LogP contribution < -0.4 is 8.91 Å². The largest absolute Gasteiger partial charge is 0.481 e. The molecular formula is C20H27NO4S. The fraction of sp³-hybridized carbons (Fsp3) is 0.550. The van der Waals surface area contributed by atoms with Gasteiger partial charge in [-0.2, -0.15) is 4.21 Å². The lowest BCUT2D eigenvalue weighted by molar-refractivity contribution is -0.137. The molecule has 0 radical (unpaired) electrons. The van der Waals surface area contributed by atoms with E-state index in [1.54, 1.807) is 12.1 Å². The zero-order valence-electron chi connectivity index (χ0n) is 14.9. The van der Waals surface area contributed by atoms with Gasteiger partial charge in [0.25, 0.3) is 11.3 Å². The van der Waals surface area contributed by atoms with Crippen LogP contribution in [0.3, 0.4) is 0 Å². The van der Waals surface area contributed by atoms with Crippen LogP contribution in [0.1, 0.15) is 44.9 Å². The standard InChI is InChI=1S/C20H27NO4S/c22-19(23)11-7-2-1-6-10-18-15-12-13-16(14-15)20(18)21-26(24)25-17-8-4-3-5-9-17/h1,3-6,8-9,15-16,18,20-21H,2,7,10-14H2,(H,22,23)/b6-1+. The molecule has 0 amide bonds. The Labute approximate surface area is 157 Å². The molecule has 142 valence electrons. The molecule has 2 aliphatic rings. The number of rotatable bonds is 10. The molecule has 6 heteroatoms. The fourth-order valence-corrected chi connectivity index (χ4v) is 5.30. The lowest BCUT2D eigenvalue weighted by atomic mass is 9.83. The Hall–Kier alpha value is -1.66. The Morgan fingerprint density at radius 2 is 2.00 bits per heavy atom. The van der Waals surface area contributed by atoms with Gasteiger partial charge in [-0.15, -0.1) is 0 Å². The first-order valence-electron chi connectivity index (χ1n) is 9.41. The summed E-state index contributed by atoms with van der Waals surface area (Å²) >= 11 is -1.54. The third kappa shape index (κ3) is 5.17. The van der Waals surface area contributed by atoms with Crippen molar-refractivity contribution in [3.8, 4) is 5.75 Å². The Kier molecular flexibility index (Phi) is 6.86. The monoisotopic (exact) mass is 377 g/mol. The van der Waals surface area contributed by atoms with Crippen molar-refractivity contribution >= 4 is 17.2 Å². The summed E-state index contributed by atoms with van der Waals surface area (Å²) in [6, 6.07) is 9.46. The second-order valence-corrected chi connectivity index (χ2v) is 8.14. The van der Waals surface area contributed by atoms with Crippen molar-refractivity contribution < 1.29 is 18.3 Å². The lowest BCUT2D eigenvalue weighted by Crippen LogP contribution is -2.42. The maximum atomic E-state index is 12.4. The van der Waals surface area contributed by atoms with Gasteiger partial charge in [0.1, 0.15) is 5.75 Å². The molecule has 5 atom stereocenters. The minimum atomic E-state index is -1.54. The molecule has 2 aliphatic carbocycles. The third-order valence-electron chi connectivity index (χ3n) is 5.57. The average molecular weight is 378 g/mol. The topological polar surface area (TPSA) is 75.6 Å². The van der Waals surface area contributed by atoms with Crippen molar-refractivity contribution in [2.45, 2.75) is 51.0 Å². The molecule has 0 aromatic heterocycles. The zero-order chi connectivity index (χ0) is 18.4. The van der Waals surface area contributed by atoms with Gasteiger partial charge < -0.3 is 9.29 Å². The predicted octanol–water partition coefficient (Wildman–Crippen LogP) is 3.85. The highest BCUT2D eigenvalue weighted by molar-refractivity contribution is 7.78. The zero-order valence-corrected chi connectivity index (χ0v) is 15.7. The Morgan fingerprint density at radius 3 is 2.77 bits per heavy atom. The van der Waals surface area contributed by atoms with Crippen LogP contribution in [0.2, 0.25) is 0 Å². The van der Waals surface area contributed by atoms with Gasteiger partial charge >= 0.3 is 5.97 Å². The molecule has 3 rings (SSSR count). The van der Waals surface area contributed by atoms with Crippen LogP contribution in [0.4, 0.5) is 0 Å². The van der Waals surface area contributed by atoms with Crippen molar-refractivity contribution in [3.63, 3.8) is 0 Å². The van der Waals surface area contributed by atoms with E-state index < -0.39 is 17.2 Å². The Morgan fingerprint density at radius 1 is 1.23 bits per heavy atom. The summed E-state index contributed by atoms with van der Waals surface area (Å²) in [6.07, 6.45) is 10.6. The maximum Gasteiger partial charge on any atom is 0.303 e. The van der Waals surface area contributed by atoms with Gasteiger partial charge in [0.2, 0.25) is 0 Å². The minimum Gasteiger partial charge on any atom is -0.481 e. The summed E-state index contributed by atoms with van der Waals surface area (Å²) < 4.78 is 21.1. The number of hydrogen-bond acceptors (Lipinski definition) is 3. The Bertz CT molecular complexity index is 648. The highest BCUT2D eigenvalue weighted by Crippen LogP contribution is 2.50. The molecule has 5 nitrogen and oxygen atoms in total. The molecule has 2 bridgehead atoms. The van der Waals surface area contributed by atoms with Crippen LogP contribution in [0, 0.1) is 17.8 Å². The quantitative estimate of drug-likeness (QED) is 0.480. The van der Waals surface area contributed by atoms with E-state index in [-0.39, 0.29) is 12.5 Å². The first-order chi connectivity index (χ1) is 12.6. The summed E-state index contributed by atoms with van der Waals surface area (Å²) in [5.74, 6) is 1.62. The van der Waals surface area contributed by atoms with Crippen LogP contribution in [0.5, 0.6) is 5.75 Å². The molecule has 2 saturated carbocycles. The van der Waals surface area contributed by atoms with E-state index >= 15 is 0 Å². The number of aliphatic carboxylic acids is 1. The van der Waals surface area contributed by atoms with Gasteiger partial charge in [-0.05, 0) is 68.4 Å². The number of unbranched alkanes of at least 4 members (excludes halogenated alkanes) is 1. The molecule has 0 aliphatic heterocycles. The summed E-state index contributed by atoms with van der Waals surface area (Å²) in [5.41, 5.74) is 0.